The highest BCUT2D eigenvalue weighted by Crippen LogP contribution is 2.39. The smallest absolute Gasteiger partial charge is 0.153 e. The van der Waals surface area contributed by atoms with Crippen LogP contribution >= 0.6 is 0 Å². The molecule has 0 spiro atoms. The van der Waals surface area contributed by atoms with Crippen LogP contribution in [0.15, 0.2) is 78.9 Å². The van der Waals surface area contributed by atoms with Crippen molar-refractivity contribution < 1.29 is 10.1 Å². The second-order valence-electron chi connectivity index (χ2n) is 7.18. The number of nitrogens with two attached hydrogens (primary N) is 1. The maximum Gasteiger partial charge on any atom is 0.153 e. The van der Waals surface area contributed by atoms with E-state index in [4.69, 9.17) is 4.74 Å². The van der Waals surface area contributed by atoms with Crippen molar-refractivity contribution in [1.29, 1.82) is 0 Å². The Hall–Kier alpha value is -3.04. The summed E-state index contributed by atoms with van der Waals surface area (Å²) in [4.78, 5) is 3.73. The van der Waals surface area contributed by atoms with Crippen molar-refractivity contribution in [3.8, 4) is 5.75 Å². The van der Waals surface area contributed by atoms with Gasteiger partial charge in [-0.15, -0.1) is 0 Å². The van der Waals surface area contributed by atoms with Crippen molar-refractivity contribution in [2.75, 3.05) is 13.7 Å². The molecular formula is C24H23N2O+. The number of aromatic nitrogens is 1. The zero-order chi connectivity index (χ0) is 18.2. The van der Waals surface area contributed by atoms with Gasteiger partial charge in [-0.3, -0.25) is 0 Å². The fourth-order valence-corrected chi connectivity index (χ4v) is 4.42. The van der Waals surface area contributed by atoms with Crippen LogP contribution in [0.1, 0.15) is 34.3 Å². The molecule has 1 aromatic heterocycles. The van der Waals surface area contributed by atoms with E-state index in [1.807, 2.05) is 0 Å². The predicted octanol–water partition coefficient (Wildman–Crippen LogP) is 3.97. The van der Waals surface area contributed by atoms with Gasteiger partial charge in [0, 0.05) is 22.0 Å². The molecule has 0 bridgehead atoms. The molecule has 3 nitrogen and oxygen atoms in total. The van der Waals surface area contributed by atoms with E-state index in [1.54, 1.807) is 7.11 Å². The van der Waals surface area contributed by atoms with Crippen LogP contribution in [0.5, 0.6) is 5.75 Å². The van der Waals surface area contributed by atoms with Gasteiger partial charge in [-0.1, -0.05) is 60.7 Å². The molecule has 5 rings (SSSR count). The topological polar surface area (TPSA) is 41.6 Å². The molecule has 3 N–H and O–H groups in total. The minimum atomic E-state index is 0.308. The van der Waals surface area contributed by atoms with Crippen LogP contribution in [-0.4, -0.2) is 18.6 Å². The standard InChI is InChI=1S/C24H22N2O/c1-27-18-13-11-16(12-14-18)20-15-25-23(17-7-3-2-4-8-17)24-22(20)19-9-5-6-10-21(19)26-24/h2-14,20,23,25-26H,15H2,1H3/p+1/t20-,23+/m1/s1. The lowest BCUT2D eigenvalue weighted by Crippen LogP contribution is -2.88. The van der Waals surface area contributed by atoms with Gasteiger partial charge >= 0.3 is 0 Å². The quantitative estimate of drug-likeness (QED) is 0.574. The number of aromatic amines is 1. The number of nitrogens with one attached hydrogen (secondary N) is 1. The molecule has 134 valence electrons. The molecule has 2 atom stereocenters. The Bertz CT molecular complexity index is 1070. The van der Waals surface area contributed by atoms with E-state index in [0.29, 0.717) is 12.0 Å². The Kier molecular flexibility index (Phi) is 3.95. The number of fused-ring (bicyclic) bond motifs is 3. The minimum absolute atomic E-state index is 0.308. The number of benzene rings is 3. The number of para-hydroxylation sites is 1. The highest BCUT2D eigenvalue weighted by atomic mass is 16.5. The van der Waals surface area contributed by atoms with Gasteiger partial charge in [-0.05, 0) is 23.8 Å². The predicted molar refractivity (Wildman–Crippen MR) is 108 cm³/mol. The number of ether oxygens (including phenoxy) is 1. The molecule has 0 fully saturated rings. The second-order valence-corrected chi connectivity index (χ2v) is 7.18. The van der Waals surface area contributed by atoms with Gasteiger partial charge in [0.1, 0.15) is 5.75 Å². The van der Waals surface area contributed by atoms with Gasteiger partial charge in [-0.2, -0.15) is 0 Å². The summed E-state index contributed by atoms with van der Waals surface area (Å²) in [6, 6.07) is 28.3. The molecule has 0 saturated heterocycles. The van der Waals surface area contributed by atoms with Gasteiger partial charge in [0.25, 0.3) is 0 Å². The summed E-state index contributed by atoms with van der Waals surface area (Å²) in [5.74, 6) is 1.27. The molecule has 0 saturated carbocycles. The van der Waals surface area contributed by atoms with Crippen molar-refractivity contribution >= 4 is 10.9 Å². The first-order valence-corrected chi connectivity index (χ1v) is 9.48. The van der Waals surface area contributed by atoms with Crippen LogP contribution in [-0.2, 0) is 0 Å². The molecule has 0 radical (unpaired) electrons. The number of methoxy groups -OCH3 is 1. The van der Waals surface area contributed by atoms with Crippen LogP contribution in [0.3, 0.4) is 0 Å². The van der Waals surface area contributed by atoms with E-state index in [1.165, 1.54) is 33.3 Å². The van der Waals surface area contributed by atoms with E-state index in [-0.39, 0.29) is 0 Å². The molecule has 0 aliphatic carbocycles. The molecule has 0 unspecified atom stereocenters. The van der Waals surface area contributed by atoms with Crippen LogP contribution in [0.25, 0.3) is 10.9 Å². The molecule has 0 amide bonds. The first-order chi connectivity index (χ1) is 13.3. The molecule has 3 heteroatoms. The monoisotopic (exact) mass is 355 g/mol. The number of quaternary nitrogens is 1. The molecule has 3 aromatic carbocycles. The lowest BCUT2D eigenvalue weighted by Gasteiger charge is -2.28. The molecular weight excluding hydrogens is 332 g/mol. The summed E-state index contributed by atoms with van der Waals surface area (Å²) in [7, 11) is 1.71. The van der Waals surface area contributed by atoms with Crippen LogP contribution in [0, 0.1) is 0 Å². The largest absolute Gasteiger partial charge is 0.497 e. The number of hydrogen-bond acceptors (Lipinski definition) is 1. The minimum Gasteiger partial charge on any atom is -0.497 e. The maximum atomic E-state index is 5.34. The van der Waals surface area contributed by atoms with E-state index in [0.717, 1.165) is 12.3 Å². The van der Waals surface area contributed by atoms with Crippen molar-refractivity contribution in [2.45, 2.75) is 12.0 Å². The highest BCUT2D eigenvalue weighted by Gasteiger charge is 2.35. The first-order valence-electron chi connectivity index (χ1n) is 9.48. The zero-order valence-electron chi connectivity index (χ0n) is 15.4. The van der Waals surface area contributed by atoms with Crippen molar-refractivity contribution in [3.05, 3.63) is 101 Å². The molecule has 4 aromatic rings. The molecule has 1 aliphatic rings. The number of rotatable bonds is 3. The Morgan fingerprint density at radius 3 is 2.37 bits per heavy atom. The van der Waals surface area contributed by atoms with Crippen molar-refractivity contribution in [1.82, 2.24) is 4.98 Å². The van der Waals surface area contributed by atoms with Gasteiger partial charge in [0.2, 0.25) is 0 Å². The van der Waals surface area contributed by atoms with Crippen LogP contribution in [0.2, 0.25) is 0 Å². The summed E-state index contributed by atoms with van der Waals surface area (Å²) in [6.45, 7) is 1.03. The third kappa shape index (κ3) is 2.71. The summed E-state index contributed by atoms with van der Waals surface area (Å²) >= 11 is 0. The fraction of sp³-hybridized carbons (Fsp3) is 0.167. The highest BCUT2D eigenvalue weighted by molar-refractivity contribution is 5.86. The Morgan fingerprint density at radius 2 is 1.59 bits per heavy atom. The SMILES string of the molecule is COc1ccc([C@H]2C[NH2+][C@@H](c3ccccc3)c3[nH]c4ccccc4c32)cc1. The normalized spacial score (nSPS) is 19.0. The van der Waals surface area contributed by atoms with Gasteiger partial charge in [0.05, 0.1) is 25.3 Å². The molecule has 1 aliphatic heterocycles. The van der Waals surface area contributed by atoms with Crippen molar-refractivity contribution in [2.24, 2.45) is 0 Å². The van der Waals surface area contributed by atoms with Crippen LogP contribution < -0.4 is 10.1 Å². The van der Waals surface area contributed by atoms with E-state index >= 15 is 0 Å². The third-order valence-corrected chi connectivity index (χ3v) is 5.72. The van der Waals surface area contributed by atoms with Crippen molar-refractivity contribution in [3.63, 3.8) is 0 Å². The van der Waals surface area contributed by atoms with Crippen LogP contribution in [0.4, 0.5) is 0 Å². The second kappa shape index (κ2) is 6.60. The fourth-order valence-electron chi connectivity index (χ4n) is 4.42. The Balaban J connectivity index is 1.67. The lowest BCUT2D eigenvalue weighted by atomic mass is 9.83. The van der Waals surface area contributed by atoms with E-state index in [2.05, 4.69) is 89.2 Å². The van der Waals surface area contributed by atoms with E-state index in [9.17, 15) is 0 Å². The summed E-state index contributed by atoms with van der Waals surface area (Å²) in [5.41, 5.74) is 6.67. The van der Waals surface area contributed by atoms with Gasteiger partial charge in [-0.25, -0.2) is 0 Å². The Morgan fingerprint density at radius 1 is 0.852 bits per heavy atom. The average Bonchev–Trinajstić information content (AvgIpc) is 3.13. The first kappa shape index (κ1) is 16.2. The maximum absolute atomic E-state index is 5.34. The molecule has 27 heavy (non-hydrogen) atoms. The summed E-state index contributed by atoms with van der Waals surface area (Å²) in [5, 5.41) is 3.80. The zero-order valence-corrected chi connectivity index (χ0v) is 15.4. The summed E-state index contributed by atoms with van der Waals surface area (Å²) in [6.07, 6.45) is 0. The molecule has 2 heterocycles. The third-order valence-electron chi connectivity index (χ3n) is 5.72. The average molecular weight is 355 g/mol. The summed E-state index contributed by atoms with van der Waals surface area (Å²) < 4.78 is 5.34. The van der Waals surface area contributed by atoms with Gasteiger partial charge in [0.15, 0.2) is 6.04 Å². The van der Waals surface area contributed by atoms with Gasteiger partial charge < -0.3 is 15.0 Å². The lowest BCUT2D eigenvalue weighted by molar-refractivity contribution is -0.692. The Labute approximate surface area is 159 Å². The number of H-pyrrole nitrogens is 1. The van der Waals surface area contributed by atoms with E-state index < -0.39 is 0 Å². The number of hydrogen-bond donors (Lipinski definition) is 2.